The van der Waals surface area contributed by atoms with E-state index >= 15 is 0 Å². The number of aliphatic hydroxyl groups excluding tert-OH is 1. The minimum Gasteiger partial charge on any atom is -0.504 e. The number of hydrogen-bond donors (Lipinski definition) is 3. The van der Waals surface area contributed by atoms with E-state index in [-0.39, 0.29) is 11.6 Å². The number of hydrogen-bond acceptors (Lipinski definition) is 7. The first-order valence-corrected chi connectivity index (χ1v) is 6.34. The number of aromatic nitrogens is 7. The molecule has 22 heavy (non-hydrogen) atoms. The highest BCUT2D eigenvalue weighted by Crippen LogP contribution is 2.14. The van der Waals surface area contributed by atoms with Crippen molar-refractivity contribution in [3.05, 3.63) is 59.4 Å². The summed E-state index contributed by atoms with van der Waals surface area (Å²) in [6, 6.07) is 3.71. The fourth-order valence-electron chi connectivity index (χ4n) is 1.91. The first kappa shape index (κ1) is 13.6. The Balaban J connectivity index is 1.82. The molecule has 9 nitrogen and oxygen atoms in total. The van der Waals surface area contributed by atoms with E-state index in [9.17, 15) is 9.90 Å². The molecule has 3 aromatic rings. The summed E-state index contributed by atoms with van der Waals surface area (Å²) in [5, 5.41) is 29.0. The molecule has 0 saturated heterocycles. The van der Waals surface area contributed by atoms with Gasteiger partial charge in [0.2, 0.25) is 11.6 Å². The first-order valence-electron chi connectivity index (χ1n) is 6.34. The molecule has 3 aromatic heterocycles. The van der Waals surface area contributed by atoms with Gasteiger partial charge in [0.25, 0.3) is 0 Å². The molecule has 0 unspecified atom stereocenters. The third-order valence-corrected chi connectivity index (χ3v) is 2.95. The summed E-state index contributed by atoms with van der Waals surface area (Å²) in [6.45, 7) is 0. The second-order valence-corrected chi connectivity index (χ2v) is 4.43. The van der Waals surface area contributed by atoms with Gasteiger partial charge in [0.1, 0.15) is 5.69 Å². The Morgan fingerprint density at radius 1 is 1.32 bits per heavy atom. The van der Waals surface area contributed by atoms with E-state index in [4.69, 9.17) is 0 Å². The lowest BCUT2D eigenvalue weighted by atomic mass is 10.0. The largest absolute Gasteiger partial charge is 0.504 e. The maximum Gasteiger partial charge on any atom is 0.239 e. The standard InChI is InChI=1S/C13H11N7O2/c21-10(6-11(22)13-17-19-20-18-13)12-9(7-15-16-12)5-8-1-3-14-4-2-8/h1-4,6-7,22H,5H2,(H,15,16)(H,17,18,19,20). The molecule has 3 rings (SSSR count). The zero-order chi connectivity index (χ0) is 15.4. The van der Waals surface area contributed by atoms with E-state index in [0.717, 1.165) is 11.6 Å². The highest BCUT2D eigenvalue weighted by molar-refractivity contribution is 6.07. The summed E-state index contributed by atoms with van der Waals surface area (Å²) in [5.74, 6) is -0.851. The molecule has 0 saturated carbocycles. The van der Waals surface area contributed by atoms with Crippen LogP contribution in [0.4, 0.5) is 0 Å². The summed E-state index contributed by atoms with van der Waals surface area (Å²) in [6.07, 6.45) is 6.48. The highest BCUT2D eigenvalue weighted by Gasteiger charge is 2.15. The molecule has 0 fully saturated rings. The Kier molecular flexibility index (Phi) is 3.69. The lowest BCUT2D eigenvalue weighted by molar-refractivity contribution is 0.104. The fourth-order valence-corrected chi connectivity index (χ4v) is 1.91. The zero-order valence-electron chi connectivity index (χ0n) is 11.3. The molecule has 0 aliphatic rings. The van der Waals surface area contributed by atoms with Crippen LogP contribution in [0.1, 0.15) is 27.4 Å². The van der Waals surface area contributed by atoms with Gasteiger partial charge in [-0.3, -0.25) is 14.9 Å². The van der Waals surface area contributed by atoms with Gasteiger partial charge in [0.05, 0.1) is 6.20 Å². The molecule has 0 bridgehead atoms. The van der Waals surface area contributed by atoms with Crippen molar-refractivity contribution >= 4 is 11.5 Å². The molecule has 3 N–H and O–H groups in total. The van der Waals surface area contributed by atoms with E-state index in [1.54, 1.807) is 18.6 Å². The van der Waals surface area contributed by atoms with Gasteiger partial charge in [-0.05, 0) is 22.9 Å². The number of allylic oxidation sites excluding steroid dienone is 1. The fraction of sp³-hybridized carbons (Fsp3) is 0.0769. The lowest BCUT2D eigenvalue weighted by Crippen LogP contribution is -2.02. The number of nitrogens with zero attached hydrogens (tertiary/aromatic N) is 5. The van der Waals surface area contributed by atoms with E-state index < -0.39 is 5.78 Å². The van der Waals surface area contributed by atoms with Crippen molar-refractivity contribution in [3.8, 4) is 0 Å². The minimum atomic E-state index is -0.427. The van der Waals surface area contributed by atoms with E-state index in [1.807, 2.05) is 12.1 Å². The first-order chi connectivity index (χ1) is 10.7. The van der Waals surface area contributed by atoms with Gasteiger partial charge in [-0.15, -0.1) is 10.2 Å². The maximum atomic E-state index is 12.2. The normalized spacial score (nSPS) is 11.5. The van der Waals surface area contributed by atoms with E-state index in [2.05, 4.69) is 35.8 Å². The molecule has 0 radical (unpaired) electrons. The molecule has 0 atom stereocenters. The van der Waals surface area contributed by atoms with Crippen LogP contribution >= 0.6 is 0 Å². The van der Waals surface area contributed by atoms with Gasteiger partial charge < -0.3 is 5.11 Å². The number of aromatic amines is 2. The third-order valence-electron chi connectivity index (χ3n) is 2.95. The Hall–Kier alpha value is -3.36. The Labute approximate surface area is 124 Å². The van der Waals surface area contributed by atoms with Crippen LogP contribution in [0.15, 0.2) is 36.8 Å². The molecule has 3 heterocycles. The predicted octanol–water partition coefficient (Wildman–Crippen LogP) is 0.690. The Morgan fingerprint density at radius 3 is 2.86 bits per heavy atom. The number of ketones is 1. The monoisotopic (exact) mass is 297 g/mol. The third kappa shape index (κ3) is 2.87. The van der Waals surface area contributed by atoms with Crippen LogP contribution in [0.3, 0.4) is 0 Å². The van der Waals surface area contributed by atoms with E-state index in [0.29, 0.717) is 17.7 Å². The number of nitrogens with one attached hydrogen (secondary N) is 2. The molecule has 0 aliphatic carbocycles. The van der Waals surface area contributed by atoms with Gasteiger partial charge in [0, 0.05) is 30.5 Å². The highest BCUT2D eigenvalue weighted by atomic mass is 16.3. The Morgan fingerprint density at radius 2 is 2.14 bits per heavy atom. The second kappa shape index (κ2) is 5.95. The van der Waals surface area contributed by atoms with Gasteiger partial charge in [-0.25, -0.2) is 0 Å². The van der Waals surface area contributed by atoms with Crippen molar-refractivity contribution in [2.75, 3.05) is 0 Å². The van der Waals surface area contributed by atoms with Gasteiger partial charge in [-0.1, -0.05) is 0 Å². The van der Waals surface area contributed by atoms with Crippen LogP contribution in [0.5, 0.6) is 0 Å². The average molecular weight is 297 g/mol. The van der Waals surface area contributed by atoms with Gasteiger partial charge >= 0.3 is 0 Å². The number of aliphatic hydroxyl groups is 1. The molecule has 0 aliphatic heterocycles. The Bertz CT molecular complexity index is 793. The summed E-state index contributed by atoms with van der Waals surface area (Å²) >= 11 is 0. The number of carbonyl (C=O) groups is 1. The van der Waals surface area contributed by atoms with Crippen molar-refractivity contribution in [2.45, 2.75) is 6.42 Å². The number of pyridine rings is 1. The van der Waals surface area contributed by atoms with Crippen LogP contribution < -0.4 is 0 Å². The molecule has 0 spiro atoms. The number of tetrazole rings is 1. The van der Waals surface area contributed by atoms with Gasteiger partial charge in [0.15, 0.2) is 5.76 Å². The van der Waals surface area contributed by atoms with Crippen LogP contribution in [-0.4, -0.2) is 46.7 Å². The van der Waals surface area contributed by atoms with E-state index in [1.165, 1.54) is 0 Å². The summed E-state index contributed by atoms with van der Waals surface area (Å²) in [7, 11) is 0. The van der Waals surface area contributed by atoms with Crippen LogP contribution in [-0.2, 0) is 6.42 Å². The topological polar surface area (TPSA) is 133 Å². The SMILES string of the molecule is O=C(C=C(O)c1nn[nH]n1)c1[nH]ncc1Cc1ccncc1. The summed E-state index contributed by atoms with van der Waals surface area (Å²) in [4.78, 5) is 16.2. The molecule has 0 aromatic carbocycles. The van der Waals surface area contributed by atoms with Crippen molar-refractivity contribution < 1.29 is 9.90 Å². The second-order valence-electron chi connectivity index (χ2n) is 4.43. The predicted molar refractivity (Wildman–Crippen MR) is 74.7 cm³/mol. The molecule has 9 heteroatoms. The number of carbonyl (C=O) groups excluding carboxylic acids is 1. The maximum absolute atomic E-state index is 12.2. The zero-order valence-corrected chi connectivity index (χ0v) is 11.3. The lowest BCUT2D eigenvalue weighted by Gasteiger charge is -2.01. The summed E-state index contributed by atoms with van der Waals surface area (Å²) in [5.41, 5.74) is 2.01. The molecule has 0 amide bonds. The summed E-state index contributed by atoms with van der Waals surface area (Å²) < 4.78 is 0. The molecule has 110 valence electrons. The number of rotatable bonds is 5. The van der Waals surface area contributed by atoms with Crippen molar-refractivity contribution in [3.63, 3.8) is 0 Å². The minimum absolute atomic E-state index is 0.0523. The van der Waals surface area contributed by atoms with Crippen LogP contribution in [0.2, 0.25) is 0 Å². The van der Waals surface area contributed by atoms with Crippen LogP contribution in [0.25, 0.3) is 5.76 Å². The number of H-pyrrole nitrogens is 2. The van der Waals surface area contributed by atoms with Crippen LogP contribution in [0, 0.1) is 0 Å². The molecular formula is C13H11N7O2. The van der Waals surface area contributed by atoms with Gasteiger partial charge in [-0.2, -0.15) is 10.3 Å². The quantitative estimate of drug-likeness (QED) is 0.358. The molecular weight excluding hydrogens is 286 g/mol. The average Bonchev–Trinajstić information content (AvgIpc) is 3.19. The van der Waals surface area contributed by atoms with Crippen molar-refractivity contribution in [1.82, 2.24) is 35.8 Å². The van der Waals surface area contributed by atoms with Crippen molar-refractivity contribution in [1.29, 1.82) is 0 Å². The van der Waals surface area contributed by atoms with Crippen molar-refractivity contribution in [2.24, 2.45) is 0 Å². The smallest absolute Gasteiger partial charge is 0.239 e.